The van der Waals surface area contributed by atoms with Crippen LogP contribution >= 0.6 is 0 Å². The van der Waals surface area contributed by atoms with E-state index in [4.69, 9.17) is 0 Å². The van der Waals surface area contributed by atoms with Crippen LogP contribution < -0.4 is 9.80 Å². The molecule has 40 heavy (non-hydrogen) atoms. The van der Waals surface area contributed by atoms with Crippen LogP contribution in [0.4, 0.5) is 22.7 Å². The third-order valence-electron chi connectivity index (χ3n) is 7.63. The van der Waals surface area contributed by atoms with Gasteiger partial charge >= 0.3 is 0 Å². The summed E-state index contributed by atoms with van der Waals surface area (Å²) in [5.74, 6) is 0.0273. The Balaban J connectivity index is 1.24. The first-order valence-electron chi connectivity index (χ1n) is 13.9. The number of ketones is 1. The first kappa shape index (κ1) is 25.4. The summed E-state index contributed by atoms with van der Waals surface area (Å²) in [6.45, 7) is 5.96. The highest BCUT2D eigenvalue weighted by molar-refractivity contribution is 6.09. The smallest absolute Gasteiger partial charge is 0.193 e. The van der Waals surface area contributed by atoms with Gasteiger partial charge in [-0.25, -0.2) is 0 Å². The van der Waals surface area contributed by atoms with Crippen LogP contribution in [0, 0.1) is 0 Å². The number of carbonyl (C=O) groups excluding carboxylic acids is 1. The van der Waals surface area contributed by atoms with Crippen molar-refractivity contribution < 1.29 is 4.79 Å². The zero-order valence-corrected chi connectivity index (χ0v) is 22.9. The van der Waals surface area contributed by atoms with Gasteiger partial charge in [0.15, 0.2) is 5.78 Å². The summed E-state index contributed by atoms with van der Waals surface area (Å²) in [7, 11) is 0. The molecule has 0 spiro atoms. The van der Waals surface area contributed by atoms with Crippen LogP contribution in [0.3, 0.4) is 0 Å². The van der Waals surface area contributed by atoms with E-state index in [-0.39, 0.29) is 5.78 Å². The number of anilines is 4. The molecule has 0 saturated carbocycles. The van der Waals surface area contributed by atoms with E-state index in [9.17, 15) is 4.79 Å². The van der Waals surface area contributed by atoms with Crippen molar-refractivity contribution in [2.45, 2.75) is 13.8 Å². The summed E-state index contributed by atoms with van der Waals surface area (Å²) < 4.78 is 0. The summed E-state index contributed by atoms with van der Waals surface area (Å²) >= 11 is 0. The Bertz CT molecular complexity index is 1650. The van der Waals surface area contributed by atoms with Crippen molar-refractivity contribution in [2.24, 2.45) is 0 Å². The largest absolute Gasteiger partial charge is 0.341 e. The number of hydrogen-bond donors (Lipinski definition) is 0. The van der Waals surface area contributed by atoms with E-state index >= 15 is 0 Å². The summed E-state index contributed by atoms with van der Waals surface area (Å²) in [5, 5.41) is 4.88. The fourth-order valence-electron chi connectivity index (χ4n) is 5.62. The second kappa shape index (κ2) is 11.1. The Kier molecular flexibility index (Phi) is 7.03. The zero-order valence-electron chi connectivity index (χ0n) is 22.9. The molecule has 0 aliphatic heterocycles. The van der Waals surface area contributed by atoms with Crippen LogP contribution in [0.1, 0.15) is 29.8 Å². The van der Waals surface area contributed by atoms with Gasteiger partial charge in [0.1, 0.15) is 0 Å². The highest BCUT2D eigenvalue weighted by Crippen LogP contribution is 2.34. The Morgan fingerprint density at radius 1 is 0.475 bits per heavy atom. The Morgan fingerprint density at radius 2 is 0.850 bits per heavy atom. The van der Waals surface area contributed by atoms with Gasteiger partial charge in [0, 0.05) is 57.7 Å². The van der Waals surface area contributed by atoms with Gasteiger partial charge in [0.25, 0.3) is 0 Å². The molecule has 0 aliphatic carbocycles. The van der Waals surface area contributed by atoms with Crippen LogP contribution in [-0.4, -0.2) is 18.9 Å². The fourth-order valence-corrected chi connectivity index (χ4v) is 5.62. The zero-order chi connectivity index (χ0) is 27.5. The van der Waals surface area contributed by atoms with E-state index in [0.29, 0.717) is 11.1 Å². The maximum atomic E-state index is 13.4. The number of fused-ring (bicyclic) bond motifs is 2. The predicted octanol–water partition coefficient (Wildman–Crippen LogP) is 9.54. The number of rotatable bonds is 8. The molecular weight excluding hydrogens is 488 g/mol. The van der Waals surface area contributed by atoms with Crippen LogP contribution in [-0.2, 0) is 0 Å². The van der Waals surface area contributed by atoms with Gasteiger partial charge in [0.2, 0.25) is 0 Å². The third-order valence-corrected chi connectivity index (χ3v) is 7.63. The third kappa shape index (κ3) is 4.71. The van der Waals surface area contributed by atoms with Gasteiger partial charge in [0.05, 0.1) is 0 Å². The molecule has 0 aromatic heterocycles. The molecule has 3 nitrogen and oxygen atoms in total. The van der Waals surface area contributed by atoms with E-state index < -0.39 is 0 Å². The van der Waals surface area contributed by atoms with Gasteiger partial charge in [-0.2, -0.15) is 0 Å². The average Bonchev–Trinajstić information content (AvgIpc) is 3.02. The van der Waals surface area contributed by atoms with Crippen molar-refractivity contribution in [1.82, 2.24) is 0 Å². The molecule has 6 aromatic rings. The van der Waals surface area contributed by atoms with Crippen molar-refractivity contribution in [1.29, 1.82) is 0 Å². The second-order valence-corrected chi connectivity index (χ2v) is 9.91. The molecule has 0 unspecified atom stereocenters. The molecule has 0 radical (unpaired) electrons. The van der Waals surface area contributed by atoms with Gasteiger partial charge in [-0.1, -0.05) is 72.8 Å². The first-order valence-corrected chi connectivity index (χ1v) is 13.9. The quantitative estimate of drug-likeness (QED) is 0.187. The predicted molar refractivity (Wildman–Crippen MR) is 170 cm³/mol. The van der Waals surface area contributed by atoms with Crippen LogP contribution in [0.15, 0.2) is 133 Å². The van der Waals surface area contributed by atoms with Gasteiger partial charge in [-0.3, -0.25) is 4.79 Å². The summed E-state index contributed by atoms with van der Waals surface area (Å²) in [5.41, 5.74) is 5.85. The Morgan fingerprint density at radius 3 is 1.25 bits per heavy atom. The highest BCUT2D eigenvalue weighted by Gasteiger charge is 2.15. The second-order valence-electron chi connectivity index (χ2n) is 9.91. The topological polar surface area (TPSA) is 23.6 Å². The summed E-state index contributed by atoms with van der Waals surface area (Å²) in [6.07, 6.45) is 0. The lowest BCUT2D eigenvalue weighted by Gasteiger charge is -2.25. The first-order chi connectivity index (χ1) is 19.7. The minimum absolute atomic E-state index is 0.0273. The maximum Gasteiger partial charge on any atom is 0.193 e. The van der Waals surface area contributed by atoms with E-state index in [2.05, 4.69) is 109 Å². The van der Waals surface area contributed by atoms with Gasteiger partial charge < -0.3 is 9.80 Å². The van der Waals surface area contributed by atoms with Crippen molar-refractivity contribution in [3.05, 3.63) is 145 Å². The summed E-state index contributed by atoms with van der Waals surface area (Å²) in [4.78, 5) is 18.0. The van der Waals surface area contributed by atoms with Crippen LogP contribution in [0.25, 0.3) is 21.5 Å². The minimum atomic E-state index is 0.0273. The van der Waals surface area contributed by atoms with Crippen molar-refractivity contribution in [3.8, 4) is 0 Å². The van der Waals surface area contributed by atoms with Crippen molar-refractivity contribution in [2.75, 3.05) is 22.9 Å². The number of carbonyl (C=O) groups is 1. The highest BCUT2D eigenvalue weighted by atomic mass is 16.1. The fraction of sp³-hybridized carbons (Fsp3) is 0.108. The van der Waals surface area contributed by atoms with Crippen molar-refractivity contribution in [3.63, 3.8) is 0 Å². The molecule has 0 heterocycles. The van der Waals surface area contributed by atoms with Crippen LogP contribution in [0.5, 0.6) is 0 Å². The molecule has 0 bridgehead atoms. The van der Waals surface area contributed by atoms with Crippen molar-refractivity contribution >= 4 is 50.1 Å². The number of hydrogen-bond acceptors (Lipinski definition) is 3. The van der Waals surface area contributed by atoms with E-state index in [1.165, 1.54) is 32.9 Å². The molecular formula is C37H32N2O. The molecule has 0 amide bonds. The van der Waals surface area contributed by atoms with Crippen LogP contribution in [0.2, 0.25) is 0 Å². The van der Waals surface area contributed by atoms with Gasteiger partial charge in [-0.05, 0) is 85.3 Å². The van der Waals surface area contributed by atoms with Gasteiger partial charge in [-0.15, -0.1) is 0 Å². The molecule has 196 valence electrons. The molecule has 0 aliphatic rings. The molecule has 6 aromatic carbocycles. The monoisotopic (exact) mass is 520 g/mol. The SMILES string of the molecule is CCN(c1ccc(C(=O)c2ccc(N(CC)c3cccc4ccccc34)cc2)cc1)c1cccc2ccccc12. The lowest BCUT2D eigenvalue weighted by molar-refractivity contribution is 0.103. The lowest BCUT2D eigenvalue weighted by Crippen LogP contribution is -2.17. The number of nitrogens with zero attached hydrogens (tertiary/aromatic N) is 2. The molecule has 0 N–H and O–H groups in total. The normalized spacial score (nSPS) is 11.1. The van der Waals surface area contributed by atoms with E-state index in [0.717, 1.165) is 24.5 Å². The molecule has 0 saturated heterocycles. The van der Waals surface area contributed by atoms with E-state index in [1.807, 2.05) is 48.5 Å². The average molecular weight is 521 g/mol. The lowest BCUT2D eigenvalue weighted by atomic mass is 10.0. The molecule has 0 fully saturated rings. The molecule has 3 heteroatoms. The molecule has 0 atom stereocenters. The Hall–Kier alpha value is -4.89. The molecule has 6 rings (SSSR count). The minimum Gasteiger partial charge on any atom is -0.341 e. The van der Waals surface area contributed by atoms with E-state index in [1.54, 1.807) is 0 Å². The Labute approximate surface area is 235 Å². The maximum absolute atomic E-state index is 13.4. The summed E-state index contributed by atoms with van der Waals surface area (Å²) in [6, 6.07) is 45.6. The standard InChI is InChI=1S/C37H32N2O/c1-3-38(35-17-9-13-27-11-5-7-15-33(27)35)31-23-19-29(20-24-31)37(40)30-21-25-32(26-22-30)39(4-2)36-18-10-14-28-12-6-8-16-34(28)36/h5-26H,3-4H2,1-2H3. The number of benzene rings is 6.